The molecule has 0 radical (unpaired) electrons. The second-order valence-electron chi connectivity index (χ2n) is 6.79. The van der Waals surface area contributed by atoms with Gasteiger partial charge in [0.15, 0.2) is 0 Å². The van der Waals surface area contributed by atoms with Crippen molar-refractivity contribution in [1.82, 2.24) is 14.8 Å². The summed E-state index contributed by atoms with van der Waals surface area (Å²) in [5.41, 5.74) is 0.546. The third kappa shape index (κ3) is 3.22. The minimum absolute atomic E-state index is 0.138. The maximum absolute atomic E-state index is 12.8. The van der Waals surface area contributed by atoms with Crippen molar-refractivity contribution in [1.29, 1.82) is 0 Å². The molecule has 130 valence electrons. The topological polar surface area (TPSA) is 54.3 Å². The third-order valence-electron chi connectivity index (χ3n) is 5.27. The van der Waals surface area contributed by atoms with Crippen LogP contribution in [0.4, 0.5) is 0 Å². The van der Waals surface area contributed by atoms with Crippen LogP contribution in [0, 0.1) is 5.92 Å². The number of hydrogen-bond donors (Lipinski definition) is 1. The molecule has 6 heteroatoms. The number of amides is 1. The summed E-state index contributed by atoms with van der Waals surface area (Å²) in [6.45, 7) is 3.12. The average Bonchev–Trinajstić information content (AvgIpc) is 2.64. The number of piperidine rings is 3. The van der Waals surface area contributed by atoms with Crippen molar-refractivity contribution in [3.8, 4) is 5.69 Å². The fraction of sp³-hybridized carbons (Fsp3) is 0.368. The molecule has 3 fully saturated rings. The number of pyridine rings is 1. The van der Waals surface area contributed by atoms with Gasteiger partial charge >= 0.3 is 0 Å². The van der Waals surface area contributed by atoms with Crippen molar-refractivity contribution in [3.63, 3.8) is 0 Å². The lowest BCUT2D eigenvalue weighted by molar-refractivity contribution is 0.0619. The van der Waals surface area contributed by atoms with E-state index in [1.54, 1.807) is 42.6 Å². The molecule has 3 aliphatic heterocycles. The smallest absolute Gasteiger partial charge is 0.267 e. The lowest BCUT2D eigenvalue weighted by Crippen LogP contribution is -2.57. The zero-order valence-corrected chi connectivity index (χ0v) is 14.6. The minimum atomic E-state index is -0.316. The fourth-order valence-corrected chi connectivity index (χ4v) is 3.97. The molecule has 1 unspecified atom stereocenters. The van der Waals surface area contributed by atoms with Crippen molar-refractivity contribution < 1.29 is 4.79 Å². The van der Waals surface area contributed by atoms with Crippen molar-refractivity contribution in [2.24, 2.45) is 5.92 Å². The Bertz CT molecular complexity index is 838. The number of nitrogens with zero attached hydrogens (tertiary/aromatic N) is 2. The lowest BCUT2D eigenvalue weighted by atomic mass is 9.84. The first-order chi connectivity index (χ1) is 12.1. The minimum Gasteiger partial charge on any atom is -0.348 e. The van der Waals surface area contributed by atoms with E-state index in [2.05, 4.69) is 10.2 Å². The largest absolute Gasteiger partial charge is 0.348 e. The number of carbonyl (C=O) groups excluding carboxylic acids is 1. The van der Waals surface area contributed by atoms with Crippen LogP contribution in [0.5, 0.6) is 0 Å². The van der Waals surface area contributed by atoms with E-state index in [0.29, 0.717) is 16.6 Å². The summed E-state index contributed by atoms with van der Waals surface area (Å²) >= 11 is 5.90. The molecule has 2 aromatic rings. The Kier molecular flexibility index (Phi) is 4.36. The van der Waals surface area contributed by atoms with E-state index in [-0.39, 0.29) is 23.1 Å². The molecule has 1 aromatic heterocycles. The van der Waals surface area contributed by atoms with Gasteiger partial charge in [0.05, 0.1) is 0 Å². The molecule has 1 N–H and O–H groups in total. The van der Waals surface area contributed by atoms with E-state index < -0.39 is 0 Å². The molecule has 2 bridgehead atoms. The van der Waals surface area contributed by atoms with Crippen molar-refractivity contribution in [2.75, 3.05) is 19.6 Å². The Hall–Kier alpha value is -2.11. The molecule has 5 rings (SSSR count). The highest BCUT2D eigenvalue weighted by atomic mass is 35.5. The number of halogens is 1. The standard InChI is InChI=1S/C19H20ClN3O2/c20-14-3-5-15(6-4-14)23-9-1-2-16(19(23)25)18(24)21-17-12-22-10-7-13(17)8-11-22/h1-6,9,13,17H,7-8,10-12H2,(H,21,24). The summed E-state index contributed by atoms with van der Waals surface area (Å²) in [5, 5.41) is 3.68. The normalized spacial score (nSPS) is 24.9. The van der Waals surface area contributed by atoms with E-state index >= 15 is 0 Å². The van der Waals surface area contributed by atoms with Gasteiger partial charge in [-0.2, -0.15) is 0 Å². The average molecular weight is 358 g/mol. The number of nitrogens with one attached hydrogen (secondary N) is 1. The molecule has 3 aliphatic rings. The molecule has 1 atom stereocenters. The summed E-state index contributed by atoms with van der Waals surface area (Å²) < 4.78 is 1.47. The SMILES string of the molecule is O=C(NC1CN2CCC1CC2)c1cccn(-c2ccc(Cl)cc2)c1=O. The van der Waals surface area contributed by atoms with E-state index in [0.717, 1.165) is 32.5 Å². The van der Waals surface area contributed by atoms with Gasteiger partial charge in [-0.25, -0.2) is 0 Å². The van der Waals surface area contributed by atoms with Crippen LogP contribution in [-0.2, 0) is 0 Å². The van der Waals surface area contributed by atoms with Crippen molar-refractivity contribution in [2.45, 2.75) is 18.9 Å². The molecule has 0 aliphatic carbocycles. The lowest BCUT2D eigenvalue weighted by Gasteiger charge is -2.44. The number of aromatic nitrogens is 1. The summed E-state index contributed by atoms with van der Waals surface area (Å²) in [4.78, 5) is 27.8. The Labute approximate surface area is 151 Å². The second kappa shape index (κ2) is 6.65. The van der Waals surface area contributed by atoms with Gasteiger partial charge in [-0.05, 0) is 68.2 Å². The molecule has 0 saturated carbocycles. The van der Waals surface area contributed by atoms with Crippen LogP contribution in [0.25, 0.3) is 5.69 Å². The maximum atomic E-state index is 12.8. The predicted octanol–water partition coefficient (Wildman–Crippen LogP) is 2.31. The van der Waals surface area contributed by atoms with Crippen molar-refractivity contribution >= 4 is 17.5 Å². The molecule has 1 amide bonds. The summed E-state index contributed by atoms with van der Waals surface area (Å²) in [6, 6.07) is 10.4. The fourth-order valence-electron chi connectivity index (χ4n) is 3.85. The summed E-state index contributed by atoms with van der Waals surface area (Å²) in [7, 11) is 0. The van der Waals surface area contributed by atoms with E-state index in [1.807, 2.05) is 0 Å². The Morgan fingerprint density at radius 2 is 1.84 bits per heavy atom. The molecule has 1 aromatic carbocycles. The van der Waals surface area contributed by atoms with Crippen LogP contribution >= 0.6 is 11.6 Å². The van der Waals surface area contributed by atoms with E-state index in [9.17, 15) is 9.59 Å². The van der Waals surface area contributed by atoms with E-state index in [1.165, 1.54) is 4.57 Å². The Balaban J connectivity index is 1.58. The maximum Gasteiger partial charge on any atom is 0.267 e. The van der Waals surface area contributed by atoms with Crippen LogP contribution in [-0.4, -0.2) is 41.1 Å². The predicted molar refractivity (Wildman–Crippen MR) is 97.5 cm³/mol. The van der Waals surface area contributed by atoms with Gasteiger partial charge < -0.3 is 10.2 Å². The molecule has 5 nitrogen and oxygen atoms in total. The number of hydrogen-bond acceptors (Lipinski definition) is 3. The van der Waals surface area contributed by atoms with Gasteiger partial charge in [0, 0.05) is 29.5 Å². The summed E-state index contributed by atoms with van der Waals surface area (Å²) in [6.07, 6.45) is 3.90. The van der Waals surface area contributed by atoms with Gasteiger partial charge in [-0.3, -0.25) is 14.2 Å². The Morgan fingerprint density at radius 1 is 1.12 bits per heavy atom. The van der Waals surface area contributed by atoms with Gasteiger partial charge in [-0.15, -0.1) is 0 Å². The Morgan fingerprint density at radius 3 is 2.48 bits per heavy atom. The van der Waals surface area contributed by atoms with Crippen LogP contribution in [0.3, 0.4) is 0 Å². The molecule has 25 heavy (non-hydrogen) atoms. The highest BCUT2D eigenvalue weighted by Crippen LogP contribution is 2.27. The highest BCUT2D eigenvalue weighted by Gasteiger charge is 2.35. The van der Waals surface area contributed by atoms with Crippen LogP contribution in [0.2, 0.25) is 5.02 Å². The first kappa shape index (κ1) is 16.4. The van der Waals surface area contributed by atoms with E-state index in [4.69, 9.17) is 11.6 Å². The number of fused-ring (bicyclic) bond motifs is 3. The van der Waals surface area contributed by atoms with Gasteiger partial charge in [0.2, 0.25) is 0 Å². The molecular weight excluding hydrogens is 338 g/mol. The molecule has 4 heterocycles. The molecular formula is C19H20ClN3O2. The second-order valence-corrected chi connectivity index (χ2v) is 7.23. The zero-order valence-electron chi connectivity index (χ0n) is 13.8. The van der Waals surface area contributed by atoms with Gasteiger partial charge in [0.1, 0.15) is 5.56 Å². The van der Waals surface area contributed by atoms with Crippen molar-refractivity contribution in [3.05, 3.63) is 63.5 Å². The molecule has 0 spiro atoms. The van der Waals surface area contributed by atoms with Crippen LogP contribution in [0.1, 0.15) is 23.2 Å². The number of rotatable bonds is 3. The first-order valence-electron chi connectivity index (χ1n) is 8.62. The quantitative estimate of drug-likeness (QED) is 0.917. The monoisotopic (exact) mass is 357 g/mol. The van der Waals surface area contributed by atoms with Crippen LogP contribution in [0.15, 0.2) is 47.4 Å². The highest BCUT2D eigenvalue weighted by molar-refractivity contribution is 6.30. The first-order valence-corrected chi connectivity index (χ1v) is 9.00. The summed E-state index contributed by atoms with van der Waals surface area (Å²) in [5.74, 6) is 0.239. The van der Waals surface area contributed by atoms with Crippen LogP contribution < -0.4 is 10.9 Å². The van der Waals surface area contributed by atoms with Gasteiger partial charge in [-0.1, -0.05) is 11.6 Å². The molecule has 3 saturated heterocycles. The third-order valence-corrected chi connectivity index (χ3v) is 5.52. The zero-order chi connectivity index (χ0) is 17.4. The number of benzene rings is 1. The van der Waals surface area contributed by atoms with Gasteiger partial charge in [0.25, 0.3) is 11.5 Å². The number of carbonyl (C=O) groups is 1.